The Hall–Kier alpha value is -1.36. The summed E-state index contributed by atoms with van der Waals surface area (Å²) in [5, 5.41) is 8.80. The Morgan fingerprint density at radius 2 is 1.73 bits per heavy atom. The summed E-state index contributed by atoms with van der Waals surface area (Å²) >= 11 is 0. The molecule has 0 rings (SSSR count). The molecular formula is C10H16O5. The minimum Gasteiger partial charge on any atom is -0.460 e. The molecule has 0 amide bonds. The molecule has 1 N–H and O–H groups in total. The molecule has 5 nitrogen and oxygen atoms in total. The third-order valence-electron chi connectivity index (χ3n) is 1.17. The maximum absolute atomic E-state index is 10.9. The first-order valence-electron chi connectivity index (χ1n) is 4.65. The van der Waals surface area contributed by atoms with E-state index in [0.717, 1.165) is 12.2 Å². The summed E-state index contributed by atoms with van der Waals surface area (Å²) in [6.07, 6.45) is 1.01. The Morgan fingerprint density at radius 1 is 1.20 bits per heavy atom. The molecule has 0 aromatic rings. The van der Waals surface area contributed by atoms with Crippen LogP contribution < -0.4 is 0 Å². The minimum absolute atomic E-state index is 0.0948. The van der Waals surface area contributed by atoms with E-state index in [2.05, 4.69) is 4.74 Å². The first-order valence-corrected chi connectivity index (χ1v) is 4.65. The number of aliphatic hydroxyl groups is 1. The second-order valence-corrected chi connectivity index (χ2v) is 3.30. The zero-order valence-electron chi connectivity index (χ0n) is 9.10. The summed E-state index contributed by atoms with van der Waals surface area (Å²) in [6.45, 7) is 4.81. The molecular weight excluding hydrogens is 200 g/mol. The highest BCUT2D eigenvalue weighted by molar-refractivity contribution is 5.91. The molecule has 1 unspecified atom stereocenters. The Balaban J connectivity index is 3.85. The van der Waals surface area contributed by atoms with Crippen LogP contribution in [0.3, 0.4) is 0 Å². The zero-order chi connectivity index (χ0) is 11.8. The highest BCUT2D eigenvalue weighted by atomic mass is 16.5. The molecule has 0 aliphatic rings. The van der Waals surface area contributed by atoms with Gasteiger partial charge in [0.1, 0.15) is 6.61 Å². The molecule has 0 spiro atoms. The van der Waals surface area contributed by atoms with Crippen LogP contribution in [0.4, 0.5) is 0 Å². The molecule has 0 fully saturated rings. The van der Waals surface area contributed by atoms with Crippen LogP contribution in [0.25, 0.3) is 0 Å². The van der Waals surface area contributed by atoms with Gasteiger partial charge in [-0.2, -0.15) is 0 Å². The van der Waals surface area contributed by atoms with Crippen molar-refractivity contribution < 1.29 is 24.2 Å². The van der Waals surface area contributed by atoms with Crippen LogP contribution in [0.15, 0.2) is 12.2 Å². The van der Waals surface area contributed by atoms with E-state index in [9.17, 15) is 9.59 Å². The highest BCUT2D eigenvalue weighted by Crippen LogP contribution is 1.91. The highest BCUT2D eigenvalue weighted by Gasteiger charge is 2.04. The van der Waals surface area contributed by atoms with E-state index in [1.54, 1.807) is 13.8 Å². The van der Waals surface area contributed by atoms with Crippen LogP contribution >= 0.6 is 0 Å². The SMILES string of the molecule is CC(O)COC(=O)/C=C/C(=O)OC(C)C. The van der Waals surface area contributed by atoms with E-state index in [0.29, 0.717) is 0 Å². The van der Waals surface area contributed by atoms with Crippen molar-refractivity contribution in [3.8, 4) is 0 Å². The molecule has 86 valence electrons. The Kier molecular flexibility index (Phi) is 6.37. The predicted molar refractivity (Wildman–Crippen MR) is 53.0 cm³/mol. The van der Waals surface area contributed by atoms with Crippen molar-refractivity contribution in [1.82, 2.24) is 0 Å². The Morgan fingerprint density at radius 3 is 2.20 bits per heavy atom. The topological polar surface area (TPSA) is 72.8 Å². The molecule has 5 heteroatoms. The first-order chi connectivity index (χ1) is 6.91. The number of carbonyl (C=O) groups is 2. The van der Waals surface area contributed by atoms with Crippen molar-refractivity contribution >= 4 is 11.9 Å². The average Bonchev–Trinajstić information content (AvgIpc) is 2.10. The van der Waals surface area contributed by atoms with Crippen LogP contribution in [0.1, 0.15) is 20.8 Å². The number of hydrogen-bond acceptors (Lipinski definition) is 5. The standard InChI is InChI=1S/C10H16O5/c1-7(2)15-10(13)5-4-9(12)14-6-8(3)11/h4-5,7-8,11H,6H2,1-3H3/b5-4+. The van der Waals surface area contributed by atoms with Gasteiger partial charge in [0.05, 0.1) is 12.2 Å². The summed E-state index contributed by atoms with van der Waals surface area (Å²) < 4.78 is 9.32. The van der Waals surface area contributed by atoms with Gasteiger partial charge in [-0.05, 0) is 20.8 Å². The van der Waals surface area contributed by atoms with Gasteiger partial charge in [0, 0.05) is 12.2 Å². The zero-order valence-corrected chi connectivity index (χ0v) is 9.10. The van der Waals surface area contributed by atoms with Gasteiger partial charge < -0.3 is 14.6 Å². The Labute approximate surface area is 88.7 Å². The van der Waals surface area contributed by atoms with Crippen LogP contribution in [-0.2, 0) is 19.1 Å². The summed E-state index contributed by atoms with van der Waals surface area (Å²) in [6, 6.07) is 0. The number of rotatable bonds is 5. The van der Waals surface area contributed by atoms with E-state index in [4.69, 9.17) is 9.84 Å². The van der Waals surface area contributed by atoms with E-state index >= 15 is 0 Å². The second kappa shape index (κ2) is 7.00. The van der Waals surface area contributed by atoms with Crippen molar-refractivity contribution in [2.75, 3.05) is 6.61 Å². The van der Waals surface area contributed by atoms with Crippen molar-refractivity contribution in [1.29, 1.82) is 0 Å². The van der Waals surface area contributed by atoms with Gasteiger partial charge in [-0.25, -0.2) is 9.59 Å². The van der Waals surface area contributed by atoms with Crippen LogP contribution in [-0.4, -0.2) is 35.9 Å². The quantitative estimate of drug-likeness (QED) is 0.532. The third-order valence-corrected chi connectivity index (χ3v) is 1.17. The summed E-state index contributed by atoms with van der Waals surface area (Å²) in [5.74, 6) is -1.28. The fourth-order valence-electron chi connectivity index (χ4n) is 0.659. The van der Waals surface area contributed by atoms with Gasteiger partial charge in [0.15, 0.2) is 0 Å². The molecule has 15 heavy (non-hydrogen) atoms. The van der Waals surface area contributed by atoms with Gasteiger partial charge in [-0.1, -0.05) is 0 Å². The van der Waals surface area contributed by atoms with E-state index in [1.807, 2.05) is 0 Å². The lowest BCUT2D eigenvalue weighted by molar-refractivity contribution is -0.143. The number of aliphatic hydroxyl groups excluding tert-OH is 1. The van der Waals surface area contributed by atoms with Crippen LogP contribution in [0.5, 0.6) is 0 Å². The van der Waals surface area contributed by atoms with Gasteiger partial charge >= 0.3 is 11.9 Å². The molecule has 0 saturated carbocycles. The van der Waals surface area contributed by atoms with Gasteiger partial charge in [-0.3, -0.25) is 0 Å². The van der Waals surface area contributed by atoms with E-state index in [-0.39, 0.29) is 12.7 Å². The molecule has 0 aromatic carbocycles. The maximum Gasteiger partial charge on any atom is 0.331 e. The number of carbonyl (C=O) groups excluding carboxylic acids is 2. The molecule has 0 bridgehead atoms. The third kappa shape index (κ3) is 8.96. The van der Waals surface area contributed by atoms with E-state index < -0.39 is 18.0 Å². The first kappa shape index (κ1) is 13.6. The lowest BCUT2D eigenvalue weighted by Gasteiger charge is -2.04. The fraction of sp³-hybridized carbons (Fsp3) is 0.600. The largest absolute Gasteiger partial charge is 0.460 e. The molecule has 0 radical (unpaired) electrons. The number of ether oxygens (including phenoxy) is 2. The summed E-state index contributed by atoms with van der Waals surface area (Å²) in [4.78, 5) is 21.8. The lowest BCUT2D eigenvalue weighted by Crippen LogP contribution is -2.14. The molecule has 0 heterocycles. The lowest BCUT2D eigenvalue weighted by atomic mass is 10.4. The molecule has 0 saturated heterocycles. The predicted octanol–water partition coefficient (Wildman–Crippen LogP) is 0.418. The fourth-order valence-corrected chi connectivity index (χ4v) is 0.659. The summed E-state index contributed by atoms with van der Waals surface area (Å²) in [7, 11) is 0. The van der Waals surface area contributed by atoms with Gasteiger partial charge in [-0.15, -0.1) is 0 Å². The molecule has 1 atom stereocenters. The normalized spacial score (nSPS) is 12.9. The monoisotopic (exact) mass is 216 g/mol. The van der Waals surface area contributed by atoms with Crippen molar-refractivity contribution in [3.63, 3.8) is 0 Å². The van der Waals surface area contributed by atoms with Crippen LogP contribution in [0.2, 0.25) is 0 Å². The number of esters is 2. The van der Waals surface area contributed by atoms with Gasteiger partial charge in [0.2, 0.25) is 0 Å². The van der Waals surface area contributed by atoms with Crippen molar-refractivity contribution in [3.05, 3.63) is 12.2 Å². The van der Waals surface area contributed by atoms with Crippen LogP contribution in [0, 0.1) is 0 Å². The smallest absolute Gasteiger partial charge is 0.331 e. The summed E-state index contributed by atoms with van der Waals surface area (Å²) in [5.41, 5.74) is 0. The van der Waals surface area contributed by atoms with Crippen molar-refractivity contribution in [2.45, 2.75) is 33.0 Å². The molecule has 0 aliphatic heterocycles. The maximum atomic E-state index is 10.9. The molecule has 0 aliphatic carbocycles. The minimum atomic E-state index is -0.718. The number of hydrogen-bond donors (Lipinski definition) is 1. The second-order valence-electron chi connectivity index (χ2n) is 3.30. The molecule has 0 aromatic heterocycles. The van der Waals surface area contributed by atoms with E-state index in [1.165, 1.54) is 6.92 Å². The Bertz CT molecular complexity index is 242. The van der Waals surface area contributed by atoms with Crippen molar-refractivity contribution in [2.24, 2.45) is 0 Å². The average molecular weight is 216 g/mol. The van der Waals surface area contributed by atoms with Gasteiger partial charge in [0.25, 0.3) is 0 Å².